The van der Waals surface area contributed by atoms with Crippen LogP contribution in [-0.4, -0.2) is 17.0 Å². The molecule has 0 unspecified atom stereocenters. The topological polar surface area (TPSA) is 37.3 Å². The summed E-state index contributed by atoms with van der Waals surface area (Å²) < 4.78 is 62.9. The number of aliphatic carboxylic acids is 1. The highest BCUT2D eigenvalue weighted by molar-refractivity contribution is 6.30. The zero-order valence-electron chi connectivity index (χ0n) is 8.56. The van der Waals surface area contributed by atoms with Gasteiger partial charge in [-0.15, -0.1) is 0 Å². The molecule has 1 rings (SSSR count). The molecule has 0 fully saturated rings. The van der Waals surface area contributed by atoms with Gasteiger partial charge in [0.25, 0.3) is 0 Å². The molecule has 0 aliphatic rings. The monoisotopic (exact) mass is 288 g/mol. The Balaban J connectivity index is 3.12. The molecule has 1 N–H and O–H groups in total. The number of rotatable bonds is 3. The van der Waals surface area contributed by atoms with Crippen LogP contribution in [0.25, 0.3) is 0 Å². The van der Waals surface area contributed by atoms with Crippen LogP contribution in [0.3, 0.4) is 0 Å². The first kappa shape index (κ1) is 14.7. The first-order valence-electron chi connectivity index (χ1n) is 4.50. The molecule has 18 heavy (non-hydrogen) atoms. The number of carbonyl (C=O) groups is 1. The van der Waals surface area contributed by atoms with Gasteiger partial charge in [-0.25, -0.2) is 4.79 Å². The van der Waals surface area contributed by atoms with Gasteiger partial charge < -0.3 is 5.11 Å². The van der Waals surface area contributed by atoms with E-state index >= 15 is 0 Å². The van der Waals surface area contributed by atoms with Crippen LogP contribution in [0, 0.1) is 0 Å². The molecule has 8 heteroatoms. The van der Waals surface area contributed by atoms with Crippen LogP contribution in [0.5, 0.6) is 0 Å². The van der Waals surface area contributed by atoms with Crippen molar-refractivity contribution in [3.63, 3.8) is 0 Å². The number of benzene rings is 1. The highest BCUT2D eigenvalue weighted by Crippen LogP contribution is 2.33. The molecule has 0 amide bonds. The van der Waals surface area contributed by atoms with Gasteiger partial charge in [0, 0.05) is 11.4 Å². The third-order valence-electron chi connectivity index (χ3n) is 2.02. The molecule has 0 spiro atoms. The lowest BCUT2D eigenvalue weighted by Gasteiger charge is -2.13. The van der Waals surface area contributed by atoms with E-state index in [4.69, 9.17) is 16.7 Å². The lowest BCUT2D eigenvalue weighted by Crippen LogP contribution is -2.30. The van der Waals surface area contributed by atoms with E-state index in [2.05, 4.69) is 0 Å². The number of carboxylic acids is 1. The quantitative estimate of drug-likeness (QED) is 0.863. The second kappa shape index (κ2) is 4.72. The van der Waals surface area contributed by atoms with Crippen molar-refractivity contribution in [1.29, 1.82) is 0 Å². The van der Waals surface area contributed by atoms with E-state index in [1.165, 1.54) is 0 Å². The molecule has 0 bridgehead atoms. The van der Waals surface area contributed by atoms with Crippen molar-refractivity contribution in [1.82, 2.24) is 0 Å². The van der Waals surface area contributed by atoms with Crippen molar-refractivity contribution in [3.8, 4) is 0 Å². The summed E-state index contributed by atoms with van der Waals surface area (Å²) in [6.45, 7) is 0. The molecule has 100 valence electrons. The third kappa shape index (κ3) is 3.56. The van der Waals surface area contributed by atoms with Crippen LogP contribution in [0.15, 0.2) is 18.2 Å². The van der Waals surface area contributed by atoms with Gasteiger partial charge in [-0.3, -0.25) is 0 Å². The Labute approximate surface area is 103 Å². The smallest absolute Gasteiger partial charge is 0.416 e. The average molecular weight is 289 g/mol. The summed E-state index contributed by atoms with van der Waals surface area (Å²) in [7, 11) is 0. The average Bonchev–Trinajstić information content (AvgIpc) is 2.13. The van der Waals surface area contributed by atoms with Gasteiger partial charge in [-0.1, -0.05) is 11.6 Å². The number of carboxylic acid groups (broad SMARTS) is 1. The first-order valence-corrected chi connectivity index (χ1v) is 4.88. The number of alkyl halides is 5. The minimum atomic E-state index is -4.74. The summed E-state index contributed by atoms with van der Waals surface area (Å²) in [5.74, 6) is -6.55. The van der Waals surface area contributed by atoms with Gasteiger partial charge in [0.2, 0.25) is 0 Å². The van der Waals surface area contributed by atoms with Gasteiger partial charge in [-0.2, -0.15) is 22.0 Å². The first-order chi connectivity index (χ1) is 8.02. The molecule has 0 saturated carbocycles. The summed E-state index contributed by atoms with van der Waals surface area (Å²) in [4.78, 5) is 10.2. The van der Waals surface area contributed by atoms with Crippen molar-refractivity contribution in [3.05, 3.63) is 34.3 Å². The predicted octanol–water partition coefficient (Wildman–Crippen LogP) is 3.62. The molecule has 2 nitrogen and oxygen atoms in total. The van der Waals surface area contributed by atoms with Crippen molar-refractivity contribution in [2.45, 2.75) is 18.5 Å². The van der Waals surface area contributed by atoms with E-state index < -0.39 is 35.6 Å². The lowest BCUT2D eigenvalue weighted by molar-refractivity contribution is -0.164. The van der Waals surface area contributed by atoms with E-state index in [1.807, 2.05) is 0 Å². The zero-order valence-corrected chi connectivity index (χ0v) is 9.32. The molecule has 0 heterocycles. The summed E-state index contributed by atoms with van der Waals surface area (Å²) in [5.41, 5.74) is -1.70. The molecule has 0 aliphatic carbocycles. The van der Waals surface area contributed by atoms with Crippen molar-refractivity contribution in [2.75, 3.05) is 0 Å². The van der Waals surface area contributed by atoms with E-state index in [-0.39, 0.29) is 5.02 Å². The predicted molar refractivity (Wildman–Crippen MR) is 52.7 cm³/mol. The standard InChI is InChI=1S/C10H6ClF5O2/c11-7-2-5(4-9(12,13)8(17)18)1-6(3-7)10(14,15)16/h1-3H,4H2,(H,17,18). The number of hydrogen-bond donors (Lipinski definition) is 1. The van der Waals surface area contributed by atoms with Gasteiger partial charge in [-0.05, 0) is 23.8 Å². The molecular formula is C10H6ClF5O2. The Morgan fingerprint density at radius 3 is 2.17 bits per heavy atom. The fourth-order valence-electron chi connectivity index (χ4n) is 1.25. The SMILES string of the molecule is O=C(O)C(F)(F)Cc1cc(Cl)cc(C(F)(F)F)c1. The van der Waals surface area contributed by atoms with E-state index in [1.54, 1.807) is 0 Å². The number of hydrogen-bond acceptors (Lipinski definition) is 1. The lowest BCUT2D eigenvalue weighted by atomic mass is 10.0. The van der Waals surface area contributed by atoms with Crippen LogP contribution in [0.2, 0.25) is 5.02 Å². The summed E-state index contributed by atoms with van der Waals surface area (Å²) in [6.07, 6.45) is -6.09. The van der Waals surface area contributed by atoms with Crippen molar-refractivity contribution in [2.24, 2.45) is 0 Å². The molecular weight excluding hydrogens is 283 g/mol. The largest absolute Gasteiger partial charge is 0.477 e. The van der Waals surface area contributed by atoms with Gasteiger partial charge in [0.05, 0.1) is 5.56 Å². The van der Waals surface area contributed by atoms with E-state index in [9.17, 15) is 26.7 Å². The minimum Gasteiger partial charge on any atom is -0.477 e. The minimum absolute atomic E-state index is 0.388. The summed E-state index contributed by atoms with van der Waals surface area (Å²) in [5, 5.41) is 7.81. The Bertz CT molecular complexity index is 470. The Morgan fingerprint density at radius 1 is 1.17 bits per heavy atom. The molecule has 1 aromatic carbocycles. The number of halogens is 6. The van der Waals surface area contributed by atoms with E-state index in [0.717, 1.165) is 6.07 Å². The van der Waals surface area contributed by atoms with Crippen LogP contribution in [0.4, 0.5) is 22.0 Å². The highest BCUT2D eigenvalue weighted by atomic mass is 35.5. The van der Waals surface area contributed by atoms with Crippen molar-refractivity contribution < 1.29 is 31.9 Å². The van der Waals surface area contributed by atoms with Gasteiger partial charge in [0.1, 0.15) is 0 Å². The maximum atomic E-state index is 12.9. The zero-order chi connectivity index (χ0) is 14.1. The molecule has 0 aromatic heterocycles. The maximum absolute atomic E-state index is 12.9. The van der Waals surface area contributed by atoms with Gasteiger partial charge >= 0.3 is 18.1 Å². The maximum Gasteiger partial charge on any atom is 0.416 e. The van der Waals surface area contributed by atoms with E-state index in [0.29, 0.717) is 12.1 Å². The van der Waals surface area contributed by atoms with Crippen LogP contribution in [-0.2, 0) is 17.4 Å². The third-order valence-corrected chi connectivity index (χ3v) is 2.24. The molecule has 0 atom stereocenters. The normalized spacial score (nSPS) is 12.6. The molecule has 0 radical (unpaired) electrons. The van der Waals surface area contributed by atoms with Crippen LogP contribution in [0.1, 0.15) is 11.1 Å². The Morgan fingerprint density at radius 2 is 1.72 bits per heavy atom. The fourth-order valence-corrected chi connectivity index (χ4v) is 1.51. The summed E-state index contributed by atoms with van der Waals surface area (Å²) >= 11 is 5.37. The highest BCUT2D eigenvalue weighted by Gasteiger charge is 2.39. The Kier molecular flexibility index (Phi) is 3.85. The van der Waals surface area contributed by atoms with Gasteiger partial charge in [0.15, 0.2) is 0 Å². The molecule has 1 aromatic rings. The van der Waals surface area contributed by atoms with Crippen LogP contribution < -0.4 is 0 Å². The molecule has 0 saturated heterocycles. The summed E-state index contributed by atoms with van der Waals surface area (Å²) in [6, 6.07) is 1.89. The molecule has 0 aliphatic heterocycles. The second-order valence-electron chi connectivity index (χ2n) is 3.53. The van der Waals surface area contributed by atoms with Crippen LogP contribution >= 0.6 is 11.6 Å². The fraction of sp³-hybridized carbons (Fsp3) is 0.300. The Hall–Kier alpha value is -1.37. The van der Waals surface area contributed by atoms with Crippen molar-refractivity contribution >= 4 is 17.6 Å². The second-order valence-corrected chi connectivity index (χ2v) is 3.97.